The Morgan fingerprint density at radius 1 is 1.33 bits per heavy atom. The fraction of sp³-hybridized carbons (Fsp3) is 0.222. The van der Waals surface area contributed by atoms with Gasteiger partial charge < -0.3 is 14.5 Å². The summed E-state index contributed by atoms with van der Waals surface area (Å²) < 4.78 is 7.38. The summed E-state index contributed by atoms with van der Waals surface area (Å²) in [6.07, 6.45) is 4.62. The Bertz CT molecular complexity index is 860. The van der Waals surface area contributed by atoms with Gasteiger partial charge in [0.15, 0.2) is 6.61 Å². The first-order valence-corrected chi connectivity index (χ1v) is 8.08. The first-order valence-electron chi connectivity index (χ1n) is 7.70. The molecule has 6 heteroatoms. The molecule has 5 nitrogen and oxygen atoms in total. The largest absolute Gasteiger partial charge is 0.482 e. The molecule has 0 aliphatic heterocycles. The zero-order valence-electron chi connectivity index (χ0n) is 13.3. The van der Waals surface area contributed by atoms with Crippen molar-refractivity contribution in [3.63, 3.8) is 0 Å². The van der Waals surface area contributed by atoms with Crippen molar-refractivity contribution in [3.8, 4) is 5.75 Å². The number of para-hydroxylation sites is 1. The van der Waals surface area contributed by atoms with Crippen LogP contribution in [-0.2, 0) is 11.2 Å². The molecule has 24 heavy (non-hydrogen) atoms. The van der Waals surface area contributed by atoms with Gasteiger partial charge in [0.1, 0.15) is 11.4 Å². The third-order valence-electron chi connectivity index (χ3n) is 3.56. The number of hydrogen-bond acceptors (Lipinski definition) is 3. The molecule has 1 amide bonds. The summed E-state index contributed by atoms with van der Waals surface area (Å²) >= 11 is 5.97. The molecule has 0 radical (unpaired) electrons. The van der Waals surface area contributed by atoms with Gasteiger partial charge in [-0.1, -0.05) is 23.7 Å². The summed E-state index contributed by atoms with van der Waals surface area (Å²) in [5.41, 5.74) is 3.02. The number of nitrogens with one attached hydrogen (secondary N) is 1. The fourth-order valence-electron chi connectivity index (χ4n) is 2.34. The number of pyridine rings is 1. The Kier molecular flexibility index (Phi) is 5.01. The van der Waals surface area contributed by atoms with E-state index in [1.165, 1.54) is 5.56 Å². The van der Waals surface area contributed by atoms with Crippen LogP contribution in [0.5, 0.6) is 5.75 Å². The molecule has 0 fully saturated rings. The normalized spacial score (nSPS) is 10.8. The van der Waals surface area contributed by atoms with Crippen LogP contribution < -0.4 is 10.1 Å². The second-order valence-electron chi connectivity index (χ2n) is 5.52. The summed E-state index contributed by atoms with van der Waals surface area (Å²) in [5.74, 6) is 0.319. The smallest absolute Gasteiger partial charge is 0.257 e. The second-order valence-corrected chi connectivity index (χ2v) is 5.93. The van der Waals surface area contributed by atoms with Gasteiger partial charge in [0.25, 0.3) is 5.91 Å². The highest BCUT2D eigenvalue weighted by Gasteiger charge is 2.06. The number of imidazole rings is 1. The number of nitrogens with zero attached hydrogens (tertiary/aromatic N) is 2. The van der Waals surface area contributed by atoms with Crippen LogP contribution in [0.2, 0.25) is 5.02 Å². The minimum Gasteiger partial charge on any atom is -0.482 e. The Labute approximate surface area is 145 Å². The van der Waals surface area contributed by atoms with Gasteiger partial charge in [0, 0.05) is 25.4 Å². The third kappa shape index (κ3) is 4.06. The van der Waals surface area contributed by atoms with Gasteiger partial charge >= 0.3 is 0 Å². The van der Waals surface area contributed by atoms with Crippen LogP contribution in [0.1, 0.15) is 11.3 Å². The maximum absolute atomic E-state index is 11.8. The zero-order valence-corrected chi connectivity index (χ0v) is 14.1. The minimum atomic E-state index is -0.186. The molecular formula is C18H18ClN3O2. The van der Waals surface area contributed by atoms with Crippen molar-refractivity contribution in [3.05, 3.63) is 65.1 Å². The number of amides is 1. The van der Waals surface area contributed by atoms with Gasteiger partial charge in [-0.3, -0.25) is 4.79 Å². The fourth-order valence-corrected chi connectivity index (χ4v) is 2.53. The topological polar surface area (TPSA) is 55.6 Å². The summed E-state index contributed by atoms with van der Waals surface area (Å²) in [7, 11) is 0. The third-order valence-corrected chi connectivity index (χ3v) is 3.88. The number of aromatic nitrogens is 2. The van der Waals surface area contributed by atoms with E-state index in [1.807, 2.05) is 48.0 Å². The van der Waals surface area contributed by atoms with E-state index < -0.39 is 0 Å². The van der Waals surface area contributed by atoms with E-state index in [1.54, 1.807) is 12.1 Å². The number of aryl methyl sites for hydroxylation is 1. The van der Waals surface area contributed by atoms with Crippen molar-refractivity contribution >= 4 is 23.2 Å². The average Bonchev–Trinajstić information content (AvgIpc) is 2.96. The maximum Gasteiger partial charge on any atom is 0.257 e. The highest BCUT2D eigenvalue weighted by molar-refractivity contribution is 6.32. The molecule has 0 saturated carbocycles. The van der Waals surface area contributed by atoms with E-state index in [2.05, 4.69) is 10.3 Å². The van der Waals surface area contributed by atoms with E-state index >= 15 is 0 Å². The zero-order chi connectivity index (χ0) is 16.9. The lowest BCUT2D eigenvalue weighted by atomic mass is 10.3. The van der Waals surface area contributed by atoms with E-state index in [-0.39, 0.29) is 12.5 Å². The molecule has 0 saturated heterocycles. The van der Waals surface area contributed by atoms with E-state index in [0.29, 0.717) is 23.7 Å². The van der Waals surface area contributed by atoms with Gasteiger partial charge in [0.2, 0.25) is 0 Å². The summed E-state index contributed by atoms with van der Waals surface area (Å²) in [4.78, 5) is 16.4. The Morgan fingerprint density at radius 3 is 3.00 bits per heavy atom. The highest BCUT2D eigenvalue weighted by Crippen LogP contribution is 2.22. The number of carbonyl (C=O) groups excluding carboxylic acids is 1. The lowest BCUT2D eigenvalue weighted by molar-refractivity contribution is -0.123. The molecule has 3 aromatic rings. The number of benzene rings is 1. The molecular weight excluding hydrogens is 326 g/mol. The van der Waals surface area contributed by atoms with Crippen molar-refractivity contribution in [2.45, 2.75) is 13.3 Å². The first kappa shape index (κ1) is 16.3. The van der Waals surface area contributed by atoms with Gasteiger partial charge in [-0.15, -0.1) is 0 Å². The van der Waals surface area contributed by atoms with Crippen LogP contribution in [-0.4, -0.2) is 28.4 Å². The van der Waals surface area contributed by atoms with Crippen molar-refractivity contribution in [2.75, 3.05) is 13.2 Å². The Hall–Kier alpha value is -2.53. The SMILES string of the molecule is Cc1ccn2cc(CCNC(=O)COc3ccccc3Cl)nc2c1. The number of hydrogen-bond donors (Lipinski definition) is 1. The molecule has 0 spiro atoms. The lowest BCUT2D eigenvalue weighted by Gasteiger charge is -2.08. The molecule has 2 heterocycles. The predicted molar refractivity (Wildman–Crippen MR) is 93.6 cm³/mol. The molecule has 0 aliphatic carbocycles. The van der Waals surface area contributed by atoms with Crippen molar-refractivity contribution in [1.29, 1.82) is 0 Å². The van der Waals surface area contributed by atoms with Crippen LogP contribution in [0.3, 0.4) is 0 Å². The summed E-state index contributed by atoms with van der Waals surface area (Å²) in [6.45, 7) is 2.48. The van der Waals surface area contributed by atoms with Crippen LogP contribution >= 0.6 is 11.6 Å². The summed E-state index contributed by atoms with van der Waals surface area (Å²) in [6, 6.07) is 11.1. The van der Waals surface area contributed by atoms with Crippen LogP contribution in [0.15, 0.2) is 48.8 Å². The Balaban J connectivity index is 1.47. The van der Waals surface area contributed by atoms with Crippen molar-refractivity contribution < 1.29 is 9.53 Å². The summed E-state index contributed by atoms with van der Waals surface area (Å²) in [5, 5.41) is 3.31. The molecule has 0 atom stereocenters. The quantitative estimate of drug-likeness (QED) is 0.748. The molecule has 3 rings (SSSR count). The maximum atomic E-state index is 11.8. The number of ether oxygens (including phenoxy) is 1. The van der Waals surface area contributed by atoms with Crippen molar-refractivity contribution in [1.82, 2.24) is 14.7 Å². The van der Waals surface area contributed by atoms with Crippen molar-refractivity contribution in [2.24, 2.45) is 0 Å². The number of carbonyl (C=O) groups is 1. The van der Waals surface area contributed by atoms with E-state index in [9.17, 15) is 4.79 Å². The molecule has 1 aromatic carbocycles. The number of fused-ring (bicyclic) bond motifs is 1. The molecule has 0 unspecified atom stereocenters. The molecule has 0 aliphatic rings. The first-order chi connectivity index (χ1) is 11.6. The molecule has 2 aromatic heterocycles. The monoisotopic (exact) mass is 343 g/mol. The van der Waals surface area contributed by atoms with Gasteiger partial charge in [0.05, 0.1) is 10.7 Å². The van der Waals surface area contributed by atoms with Crippen LogP contribution in [0.4, 0.5) is 0 Å². The standard InChI is InChI=1S/C18H18ClN3O2/c1-13-7-9-22-11-14(21-17(22)10-13)6-8-20-18(23)12-24-16-5-3-2-4-15(16)19/h2-5,7,9-11H,6,8,12H2,1H3,(H,20,23). The van der Waals surface area contributed by atoms with E-state index in [0.717, 1.165) is 11.3 Å². The molecule has 124 valence electrons. The van der Waals surface area contributed by atoms with Gasteiger partial charge in [-0.25, -0.2) is 4.98 Å². The number of halogens is 1. The molecule has 0 bridgehead atoms. The number of rotatable bonds is 6. The van der Waals surface area contributed by atoms with Crippen LogP contribution in [0, 0.1) is 6.92 Å². The predicted octanol–water partition coefficient (Wildman–Crippen LogP) is 3.03. The average molecular weight is 344 g/mol. The Morgan fingerprint density at radius 2 is 2.17 bits per heavy atom. The minimum absolute atomic E-state index is 0.0614. The molecule has 1 N–H and O–H groups in total. The van der Waals surface area contributed by atoms with E-state index in [4.69, 9.17) is 16.3 Å². The van der Waals surface area contributed by atoms with Gasteiger partial charge in [-0.2, -0.15) is 0 Å². The second kappa shape index (κ2) is 7.36. The van der Waals surface area contributed by atoms with Gasteiger partial charge in [-0.05, 0) is 36.8 Å². The van der Waals surface area contributed by atoms with Crippen LogP contribution in [0.25, 0.3) is 5.65 Å². The lowest BCUT2D eigenvalue weighted by Crippen LogP contribution is -2.30. The highest BCUT2D eigenvalue weighted by atomic mass is 35.5.